The van der Waals surface area contributed by atoms with Crippen molar-refractivity contribution in [3.8, 4) is 0 Å². The van der Waals surface area contributed by atoms with E-state index < -0.39 is 12.1 Å². The number of hydrogen-bond acceptors (Lipinski definition) is 4. The highest BCUT2D eigenvalue weighted by atomic mass is 16.5. The third-order valence-electron chi connectivity index (χ3n) is 2.79. The minimum absolute atomic E-state index is 0.339. The van der Waals surface area contributed by atoms with Gasteiger partial charge in [0, 0.05) is 19.3 Å². The molecule has 6 nitrogen and oxygen atoms in total. The molecule has 104 valence electrons. The van der Waals surface area contributed by atoms with Gasteiger partial charge in [-0.15, -0.1) is 6.58 Å². The molecule has 6 heteroatoms. The Bertz CT molecular complexity index is 505. The first-order valence-electron chi connectivity index (χ1n) is 5.98. The number of hydrogen-bond donors (Lipinski definition) is 1. The van der Waals surface area contributed by atoms with E-state index in [0.717, 1.165) is 0 Å². The Hall–Kier alpha value is -2.11. The molecule has 0 saturated heterocycles. The highest BCUT2D eigenvalue weighted by Gasteiger charge is 2.23. The molecule has 0 aliphatic heterocycles. The standard InChI is InChI=1S/C13H19N3O3/c1-6-7-14-12(17)10(4)19-13(18)11-8(2)15-16(5)9(11)3/h6,10H,1,7H2,2-5H3,(H,14,17). The molecule has 19 heavy (non-hydrogen) atoms. The summed E-state index contributed by atoms with van der Waals surface area (Å²) in [6.45, 7) is 8.86. The van der Waals surface area contributed by atoms with Crippen LogP contribution in [0.25, 0.3) is 0 Å². The lowest BCUT2D eigenvalue weighted by Crippen LogP contribution is -2.36. The second kappa shape index (κ2) is 6.17. The van der Waals surface area contributed by atoms with E-state index in [1.807, 2.05) is 0 Å². The number of esters is 1. The van der Waals surface area contributed by atoms with E-state index in [2.05, 4.69) is 17.0 Å². The van der Waals surface area contributed by atoms with Crippen molar-refractivity contribution in [2.75, 3.05) is 6.54 Å². The minimum atomic E-state index is -0.855. The van der Waals surface area contributed by atoms with Gasteiger partial charge in [0.05, 0.1) is 5.69 Å². The second-order valence-corrected chi connectivity index (χ2v) is 4.25. The number of ether oxygens (including phenoxy) is 1. The average molecular weight is 265 g/mol. The van der Waals surface area contributed by atoms with Crippen LogP contribution in [0.2, 0.25) is 0 Å². The first-order valence-corrected chi connectivity index (χ1v) is 5.98. The van der Waals surface area contributed by atoms with Crippen LogP contribution in [0, 0.1) is 13.8 Å². The van der Waals surface area contributed by atoms with Crippen molar-refractivity contribution >= 4 is 11.9 Å². The summed E-state index contributed by atoms with van der Waals surface area (Å²) in [5.74, 6) is -0.892. The molecule has 1 aromatic rings. The zero-order chi connectivity index (χ0) is 14.6. The molecular formula is C13H19N3O3. The van der Waals surface area contributed by atoms with Crippen LogP contribution in [0.15, 0.2) is 12.7 Å². The number of carbonyl (C=O) groups excluding carboxylic acids is 2. The molecule has 1 atom stereocenters. The third kappa shape index (κ3) is 3.43. The molecule has 0 fully saturated rings. The predicted molar refractivity (Wildman–Crippen MR) is 70.8 cm³/mol. The second-order valence-electron chi connectivity index (χ2n) is 4.25. The van der Waals surface area contributed by atoms with Crippen molar-refractivity contribution in [2.24, 2.45) is 7.05 Å². The Morgan fingerprint density at radius 3 is 2.63 bits per heavy atom. The highest BCUT2D eigenvalue weighted by Crippen LogP contribution is 2.14. The molecule has 1 amide bonds. The van der Waals surface area contributed by atoms with Crippen LogP contribution in [0.4, 0.5) is 0 Å². The monoisotopic (exact) mass is 265 g/mol. The lowest BCUT2D eigenvalue weighted by atomic mass is 10.2. The van der Waals surface area contributed by atoms with E-state index >= 15 is 0 Å². The first kappa shape index (κ1) is 14.9. The van der Waals surface area contributed by atoms with E-state index in [1.54, 1.807) is 31.7 Å². The molecule has 0 bridgehead atoms. The quantitative estimate of drug-likeness (QED) is 0.633. The maximum atomic E-state index is 12.0. The molecule has 1 N–H and O–H groups in total. The molecule has 0 aliphatic rings. The van der Waals surface area contributed by atoms with Crippen molar-refractivity contribution in [3.63, 3.8) is 0 Å². The SMILES string of the molecule is C=CCNC(=O)C(C)OC(=O)c1c(C)nn(C)c1C. The van der Waals surface area contributed by atoms with Crippen molar-refractivity contribution in [3.05, 3.63) is 29.6 Å². The summed E-state index contributed by atoms with van der Waals surface area (Å²) in [4.78, 5) is 23.6. The molecule has 0 radical (unpaired) electrons. The normalized spacial score (nSPS) is 11.8. The van der Waals surface area contributed by atoms with Gasteiger partial charge in [0.2, 0.25) is 0 Å². The van der Waals surface area contributed by atoms with Gasteiger partial charge in [-0.25, -0.2) is 4.79 Å². The average Bonchev–Trinajstić information content (AvgIpc) is 2.60. The number of aryl methyl sites for hydroxylation is 2. The number of nitrogens with zero attached hydrogens (tertiary/aromatic N) is 2. The predicted octanol–water partition coefficient (Wildman–Crippen LogP) is 0.884. The third-order valence-corrected chi connectivity index (χ3v) is 2.79. The minimum Gasteiger partial charge on any atom is -0.449 e. The fourth-order valence-corrected chi connectivity index (χ4v) is 1.66. The van der Waals surface area contributed by atoms with Gasteiger partial charge < -0.3 is 10.1 Å². The largest absolute Gasteiger partial charge is 0.449 e. The number of amides is 1. The van der Waals surface area contributed by atoms with E-state index in [4.69, 9.17) is 4.74 Å². The van der Waals surface area contributed by atoms with Crippen LogP contribution in [0.1, 0.15) is 28.7 Å². The smallest absolute Gasteiger partial charge is 0.342 e. The Balaban J connectivity index is 2.74. The van der Waals surface area contributed by atoms with Gasteiger partial charge in [-0.3, -0.25) is 9.48 Å². The number of nitrogens with one attached hydrogen (secondary N) is 1. The summed E-state index contributed by atoms with van der Waals surface area (Å²) in [5, 5.41) is 6.70. The van der Waals surface area contributed by atoms with Gasteiger partial charge in [-0.05, 0) is 20.8 Å². The van der Waals surface area contributed by atoms with Crippen molar-refractivity contribution in [1.29, 1.82) is 0 Å². The number of aromatic nitrogens is 2. The van der Waals surface area contributed by atoms with Crippen LogP contribution in [0.5, 0.6) is 0 Å². The molecule has 0 saturated carbocycles. The van der Waals surface area contributed by atoms with Crippen LogP contribution >= 0.6 is 0 Å². The van der Waals surface area contributed by atoms with E-state index in [-0.39, 0.29) is 5.91 Å². The maximum absolute atomic E-state index is 12.0. The van der Waals surface area contributed by atoms with E-state index in [9.17, 15) is 9.59 Å². The number of carbonyl (C=O) groups is 2. The molecule has 1 unspecified atom stereocenters. The van der Waals surface area contributed by atoms with Crippen molar-refractivity contribution in [1.82, 2.24) is 15.1 Å². The van der Waals surface area contributed by atoms with Crippen LogP contribution in [-0.4, -0.2) is 34.3 Å². The summed E-state index contributed by atoms with van der Waals surface area (Å²) < 4.78 is 6.74. The van der Waals surface area contributed by atoms with Crippen LogP contribution in [0.3, 0.4) is 0 Å². The number of rotatable bonds is 5. The van der Waals surface area contributed by atoms with E-state index in [1.165, 1.54) is 6.92 Å². The van der Waals surface area contributed by atoms with Gasteiger partial charge in [0.1, 0.15) is 5.56 Å². The van der Waals surface area contributed by atoms with E-state index in [0.29, 0.717) is 23.5 Å². The van der Waals surface area contributed by atoms with Gasteiger partial charge in [0.15, 0.2) is 6.10 Å². The van der Waals surface area contributed by atoms with Crippen LogP contribution in [-0.2, 0) is 16.6 Å². The summed E-state index contributed by atoms with van der Waals surface area (Å²) in [6.07, 6.45) is 0.702. The van der Waals surface area contributed by atoms with Crippen molar-refractivity contribution in [2.45, 2.75) is 26.9 Å². The summed E-state index contributed by atoms with van der Waals surface area (Å²) >= 11 is 0. The molecule has 0 aliphatic carbocycles. The summed E-state index contributed by atoms with van der Waals surface area (Å²) in [7, 11) is 1.75. The molecule has 0 aromatic carbocycles. The Morgan fingerprint density at radius 2 is 2.16 bits per heavy atom. The lowest BCUT2D eigenvalue weighted by molar-refractivity contribution is -0.128. The Kier molecular flexibility index (Phi) is 4.86. The molecule has 1 heterocycles. The molecule has 0 spiro atoms. The summed E-state index contributed by atoms with van der Waals surface area (Å²) in [6, 6.07) is 0. The van der Waals surface area contributed by atoms with Gasteiger partial charge in [-0.2, -0.15) is 5.10 Å². The van der Waals surface area contributed by atoms with Gasteiger partial charge in [0.25, 0.3) is 5.91 Å². The van der Waals surface area contributed by atoms with Gasteiger partial charge >= 0.3 is 5.97 Å². The zero-order valence-electron chi connectivity index (χ0n) is 11.7. The molecule has 1 aromatic heterocycles. The maximum Gasteiger partial charge on any atom is 0.342 e. The van der Waals surface area contributed by atoms with Crippen molar-refractivity contribution < 1.29 is 14.3 Å². The summed E-state index contributed by atoms with van der Waals surface area (Å²) in [5.41, 5.74) is 1.70. The first-order chi connectivity index (χ1) is 8.88. The highest BCUT2D eigenvalue weighted by molar-refractivity contribution is 5.94. The van der Waals surface area contributed by atoms with Gasteiger partial charge in [-0.1, -0.05) is 6.08 Å². The zero-order valence-corrected chi connectivity index (χ0v) is 11.7. The molecular weight excluding hydrogens is 246 g/mol. The topological polar surface area (TPSA) is 73.2 Å². The Morgan fingerprint density at radius 1 is 1.53 bits per heavy atom. The molecule has 1 rings (SSSR count). The van der Waals surface area contributed by atoms with Crippen LogP contribution < -0.4 is 5.32 Å². The Labute approximate surface area is 112 Å². The fourth-order valence-electron chi connectivity index (χ4n) is 1.66. The lowest BCUT2D eigenvalue weighted by Gasteiger charge is -2.12. The fraction of sp³-hybridized carbons (Fsp3) is 0.462.